The van der Waals surface area contributed by atoms with Crippen molar-refractivity contribution >= 4 is 23.8 Å². The summed E-state index contributed by atoms with van der Waals surface area (Å²) in [6.45, 7) is 3.46. The van der Waals surface area contributed by atoms with Gasteiger partial charge in [0.15, 0.2) is 0 Å². The van der Waals surface area contributed by atoms with Gasteiger partial charge in [-0.3, -0.25) is 0 Å². The Labute approximate surface area is 122 Å². The van der Waals surface area contributed by atoms with Crippen molar-refractivity contribution in [2.75, 3.05) is 12.4 Å². The molecule has 2 N–H and O–H groups in total. The highest BCUT2D eigenvalue weighted by molar-refractivity contribution is 7.98. The van der Waals surface area contributed by atoms with Gasteiger partial charge in [-0.25, -0.2) is 9.59 Å². The molecule has 0 aliphatic heterocycles. The average Bonchev–Trinajstić information content (AvgIpc) is 2.45. The molecule has 6 heteroatoms. The highest BCUT2D eigenvalue weighted by Gasteiger charge is 2.20. The van der Waals surface area contributed by atoms with Crippen LogP contribution in [0.25, 0.3) is 0 Å². The summed E-state index contributed by atoms with van der Waals surface area (Å²) >= 11 is 1.44. The van der Waals surface area contributed by atoms with Gasteiger partial charge in [0, 0.05) is 11.5 Å². The van der Waals surface area contributed by atoms with Gasteiger partial charge >= 0.3 is 12.1 Å². The molecule has 0 heterocycles. The maximum Gasteiger partial charge on any atom is 0.408 e. The highest BCUT2D eigenvalue weighted by Crippen LogP contribution is 2.13. The van der Waals surface area contributed by atoms with Gasteiger partial charge in [0.25, 0.3) is 0 Å². The van der Waals surface area contributed by atoms with Crippen molar-refractivity contribution in [3.8, 4) is 0 Å². The lowest BCUT2D eigenvalue weighted by Gasteiger charge is -2.13. The molecule has 0 aliphatic carbocycles. The van der Waals surface area contributed by atoms with Crippen molar-refractivity contribution < 1.29 is 19.4 Å². The second-order valence-electron chi connectivity index (χ2n) is 3.92. The molecule has 1 rings (SSSR count). The van der Waals surface area contributed by atoms with Crippen molar-refractivity contribution in [2.24, 2.45) is 0 Å². The van der Waals surface area contributed by atoms with Crippen LogP contribution in [0.5, 0.6) is 0 Å². The second-order valence-corrected chi connectivity index (χ2v) is 4.95. The van der Waals surface area contributed by atoms with Crippen molar-refractivity contribution in [1.29, 1.82) is 0 Å². The lowest BCUT2D eigenvalue weighted by molar-refractivity contribution is -0.138. The molecule has 0 aromatic heterocycles. The lowest BCUT2D eigenvalue weighted by atomic mass is 10.2. The van der Waals surface area contributed by atoms with E-state index in [0.29, 0.717) is 5.75 Å². The zero-order valence-corrected chi connectivity index (χ0v) is 11.8. The SMILES string of the molecule is C=CCOC(=O)N[C@@H](CSCc1ccccc1)C(=O)O. The van der Waals surface area contributed by atoms with Gasteiger partial charge in [-0.2, -0.15) is 11.8 Å². The molecular formula is C14H17NO4S. The predicted molar refractivity (Wildman–Crippen MR) is 78.7 cm³/mol. The third-order valence-corrected chi connectivity index (χ3v) is 3.43. The highest BCUT2D eigenvalue weighted by atomic mass is 32.2. The predicted octanol–water partition coefficient (Wildman–Crippen LogP) is 2.29. The fourth-order valence-electron chi connectivity index (χ4n) is 1.36. The number of benzene rings is 1. The topological polar surface area (TPSA) is 75.6 Å². The van der Waals surface area contributed by atoms with Crippen LogP contribution in [0.3, 0.4) is 0 Å². The maximum absolute atomic E-state index is 11.3. The van der Waals surface area contributed by atoms with Gasteiger partial charge in [0.1, 0.15) is 12.6 Å². The Morgan fingerprint density at radius 2 is 2.10 bits per heavy atom. The summed E-state index contributed by atoms with van der Waals surface area (Å²) in [5.74, 6) is -0.123. The van der Waals surface area contributed by atoms with E-state index < -0.39 is 18.1 Å². The van der Waals surface area contributed by atoms with Crippen LogP contribution in [0.4, 0.5) is 4.79 Å². The first-order valence-corrected chi connectivity index (χ1v) is 7.17. The molecule has 0 saturated heterocycles. The molecule has 20 heavy (non-hydrogen) atoms. The molecule has 1 atom stereocenters. The van der Waals surface area contributed by atoms with Gasteiger partial charge < -0.3 is 15.2 Å². The number of alkyl carbamates (subject to hydrolysis) is 1. The number of nitrogens with one attached hydrogen (secondary N) is 1. The van der Waals surface area contributed by atoms with Crippen LogP contribution in [0.1, 0.15) is 5.56 Å². The van der Waals surface area contributed by atoms with Crippen LogP contribution in [0.2, 0.25) is 0 Å². The zero-order valence-electron chi connectivity index (χ0n) is 11.0. The molecular weight excluding hydrogens is 278 g/mol. The van der Waals surface area contributed by atoms with Crippen LogP contribution in [0.15, 0.2) is 43.0 Å². The smallest absolute Gasteiger partial charge is 0.408 e. The molecule has 0 unspecified atom stereocenters. The van der Waals surface area contributed by atoms with Gasteiger partial charge in [0.05, 0.1) is 0 Å². The van der Waals surface area contributed by atoms with Crippen molar-refractivity contribution in [3.63, 3.8) is 0 Å². The quantitative estimate of drug-likeness (QED) is 0.720. The lowest BCUT2D eigenvalue weighted by Crippen LogP contribution is -2.42. The van der Waals surface area contributed by atoms with Gasteiger partial charge in [-0.1, -0.05) is 43.0 Å². The minimum Gasteiger partial charge on any atom is -0.480 e. The molecule has 0 radical (unpaired) electrons. The van der Waals surface area contributed by atoms with E-state index >= 15 is 0 Å². The van der Waals surface area contributed by atoms with E-state index in [1.165, 1.54) is 17.8 Å². The van der Waals surface area contributed by atoms with Crippen molar-refractivity contribution in [2.45, 2.75) is 11.8 Å². The van der Waals surface area contributed by atoms with Crippen LogP contribution < -0.4 is 5.32 Å². The standard InChI is InChI=1S/C14H17NO4S/c1-2-8-19-14(18)15-12(13(16)17)10-20-9-11-6-4-3-5-7-11/h2-7,12H,1,8-10H2,(H,15,18)(H,16,17)/t12-/m0/s1. The first-order chi connectivity index (χ1) is 9.63. The number of carboxylic acid groups (broad SMARTS) is 1. The number of hydrogen-bond acceptors (Lipinski definition) is 4. The number of aliphatic carboxylic acids is 1. The van der Waals surface area contributed by atoms with Crippen LogP contribution in [-0.2, 0) is 15.3 Å². The second kappa shape index (κ2) is 9.03. The summed E-state index contributed by atoms with van der Waals surface area (Å²) < 4.78 is 4.70. The largest absolute Gasteiger partial charge is 0.480 e. The molecule has 108 valence electrons. The first kappa shape index (κ1) is 16.1. The summed E-state index contributed by atoms with van der Waals surface area (Å²) in [4.78, 5) is 22.3. The molecule has 0 spiro atoms. The fraction of sp³-hybridized carbons (Fsp3) is 0.286. The molecule has 5 nitrogen and oxygen atoms in total. The number of amides is 1. The summed E-state index contributed by atoms with van der Waals surface area (Å²) in [5.41, 5.74) is 1.11. The fourth-order valence-corrected chi connectivity index (χ4v) is 2.37. The Bertz CT molecular complexity index is 450. The molecule has 0 aliphatic rings. The minimum atomic E-state index is -1.08. The molecule has 1 aromatic carbocycles. The summed E-state index contributed by atoms with van der Waals surface area (Å²) in [5, 5.41) is 11.3. The minimum absolute atomic E-state index is 0.0509. The molecule has 1 amide bonds. The Morgan fingerprint density at radius 1 is 1.40 bits per heavy atom. The molecule has 0 saturated carbocycles. The third-order valence-electron chi connectivity index (χ3n) is 2.32. The monoisotopic (exact) mass is 295 g/mol. The van der Waals surface area contributed by atoms with Gasteiger partial charge in [0.2, 0.25) is 0 Å². The normalized spacial score (nSPS) is 11.4. The number of thioether (sulfide) groups is 1. The molecule has 1 aromatic rings. The van der Waals surface area contributed by atoms with Crippen LogP contribution in [-0.4, -0.2) is 35.6 Å². The number of carbonyl (C=O) groups is 2. The number of rotatable bonds is 8. The Balaban J connectivity index is 2.37. The van der Waals surface area contributed by atoms with Crippen molar-refractivity contribution in [1.82, 2.24) is 5.32 Å². The Hall–Kier alpha value is -1.95. The Kier molecular flexibility index (Phi) is 7.27. The maximum atomic E-state index is 11.3. The number of carbonyl (C=O) groups excluding carboxylic acids is 1. The number of carboxylic acids is 1. The third kappa shape index (κ3) is 6.29. The molecule has 0 bridgehead atoms. The van der Waals surface area contributed by atoms with E-state index in [-0.39, 0.29) is 12.4 Å². The zero-order chi connectivity index (χ0) is 14.8. The van der Waals surface area contributed by atoms with E-state index in [9.17, 15) is 9.59 Å². The van der Waals surface area contributed by atoms with E-state index in [0.717, 1.165) is 5.56 Å². The van der Waals surface area contributed by atoms with E-state index in [4.69, 9.17) is 9.84 Å². The summed E-state index contributed by atoms with van der Waals surface area (Å²) in [6.07, 6.45) is 0.664. The van der Waals surface area contributed by atoms with Crippen molar-refractivity contribution in [3.05, 3.63) is 48.6 Å². The summed E-state index contributed by atoms with van der Waals surface area (Å²) in [6, 6.07) is 8.74. The Morgan fingerprint density at radius 3 is 2.70 bits per heavy atom. The summed E-state index contributed by atoms with van der Waals surface area (Å²) in [7, 11) is 0. The van der Waals surface area contributed by atoms with E-state index in [1.54, 1.807) is 0 Å². The first-order valence-electron chi connectivity index (χ1n) is 6.02. The van der Waals surface area contributed by atoms with Crippen LogP contribution >= 0.6 is 11.8 Å². The van der Waals surface area contributed by atoms with E-state index in [1.807, 2.05) is 30.3 Å². The molecule has 0 fully saturated rings. The van der Waals surface area contributed by atoms with Gasteiger partial charge in [-0.15, -0.1) is 0 Å². The van der Waals surface area contributed by atoms with E-state index in [2.05, 4.69) is 11.9 Å². The average molecular weight is 295 g/mol. The van der Waals surface area contributed by atoms with Crippen LogP contribution in [0, 0.1) is 0 Å². The van der Waals surface area contributed by atoms with Gasteiger partial charge in [-0.05, 0) is 5.56 Å². The number of hydrogen-bond donors (Lipinski definition) is 2. The number of ether oxygens (including phenoxy) is 1.